The van der Waals surface area contributed by atoms with Crippen LogP contribution in [0.25, 0.3) is 0 Å². The molecular weight excluding hydrogens is 342 g/mol. The Morgan fingerprint density at radius 1 is 1.28 bits per heavy atom. The van der Waals surface area contributed by atoms with E-state index in [1.165, 1.54) is 4.31 Å². The molecule has 1 aromatic heterocycles. The molecule has 2 aliphatic heterocycles. The Balaban J connectivity index is 1.67. The van der Waals surface area contributed by atoms with Crippen LogP contribution < -0.4 is 0 Å². The Morgan fingerprint density at radius 3 is 2.52 bits per heavy atom. The molecule has 0 aliphatic carbocycles. The molecule has 2 saturated heterocycles. The molecule has 1 unspecified atom stereocenters. The lowest BCUT2D eigenvalue weighted by Crippen LogP contribution is -2.52. The van der Waals surface area contributed by atoms with Gasteiger partial charge in [-0.2, -0.15) is 4.31 Å². The molecular formula is C17H25N3O4S. The fourth-order valence-corrected chi connectivity index (χ4v) is 4.81. The normalized spacial score (nSPS) is 24.4. The van der Waals surface area contributed by atoms with Crippen LogP contribution in [0.2, 0.25) is 0 Å². The lowest BCUT2D eigenvalue weighted by molar-refractivity contribution is -0.139. The maximum absolute atomic E-state index is 12.8. The summed E-state index contributed by atoms with van der Waals surface area (Å²) in [7, 11) is -3.38. The highest BCUT2D eigenvalue weighted by Gasteiger charge is 2.42. The first-order chi connectivity index (χ1) is 11.7. The van der Waals surface area contributed by atoms with E-state index < -0.39 is 21.7 Å². The van der Waals surface area contributed by atoms with Gasteiger partial charge in [-0.15, -0.1) is 0 Å². The molecule has 0 radical (unpaired) electrons. The van der Waals surface area contributed by atoms with Crippen molar-refractivity contribution in [1.29, 1.82) is 0 Å². The number of amides is 1. The largest absolute Gasteiger partial charge is 0.383 e. The lowest BCUT2D eigenvalue weighted by atomic mass is 9.87. The van der Waals surface area contributed by atoms with Gasteiger partial charge < -0.3 is 10.0 Å². The van der Waals surface area contributed by atoms with Crippen LogP contribution in [0.4, 0.5) is 0 Å². The highest BCUT2D eigenvalue weighted by atomic mass is 32.2. The van der Waals surface area contributed by atoms with E-state index in [0.29, 0.717) is 51.0 Å². The zero-order valence-electron chi connectivity index (χ0n) is 14.7. The highest BCUT2D eigenvalue weighted by molar-refractivity contribution is 7.88. The van der Waals surface area contributed by atoms with Gasteiger partial charge in [-0.1, -0.05) is 6.07 Å². The fraction of sp³-hybridized carbons (Fsp3) is 0.647. The zero-order valence-corrected chi connectivity index (χ0v) is 15.5. The number of aliphatic hydroxyl groups is 1. The number of likely N-dealkylation sites (tertiary alicyclic amines) is 1. The molecule has 0 bridgehead atoms. The SMILES string of the molecule is Cc1ccc(C2(O)CCN(C(=O)C3CCCN3S(C)(=O)=O)CC2)nc1. The number of aryl methyl sites for hydroxylation is 1. The molecule has 2 fully saturated rings. The molecule has 3 rings (SSSR count). The third-order valence-corrected chi connectivity index (χ3v) is 6.49. The van der Waals surface area contributed by atoms with Gasteiger partial charge in [0.25, 0.3) is 0 Å². The van der Waals surface area contributed by atoms with E-state index in [9.17, 15) is 18.3 Å². The Kier molecular flexibility index (Phi) is 4.87. The summed E-state index contributed by atoms with van der Waals surface area (Å²) in [5.41, 5.74) is 0.627. The van der Waals surface area contributed by atoms with Crippen molar-refractivity contribution in [1.82, 2.24) is 14.2 Å². The first-order valence-corrected chi connectivity index (χ1v) is 10.5. The number of nitrogens with zero attached hydrogens (tertiary/aromatic N) is 3. The minimum Gasteiger partial charge on any atom is -0.383 e. The van der Waals surface area contributed by atoms with Gasteiger partial charge in [0.1, 0.15) is 11.6 Å². The standard InChI is InChI=1S/C17H25N3O4S/c1-13-5-6-15(18-12-13)17(22)7-10-19(11-8-17)16(21)14-4-3-9-20(14)25(2,23)24/h5-6,12,14,22H,3-4,7-11H2,1-2H3. The molecule has 3 heterocycles. The first-order valence-electron chi connectivity index (χ1n) is 8.62. The van der Waals surface area contributed by atoms with Crippen LogP contribution in [0.5, 0.6) is 0 Å². The summed E-state index contributed by atoms with van der Waals surface area (Å²) in [5, 5.41) is 10.9. The van der Waals surface area contributed by atoms with Crippen LogP contribution in [-0.4, -0.2) is 65.6 Å². The summed E-state index contributed by atoms with van der Waals surface area (Å²) < 4.78 is 25.0. The predicted octanol–water partition coefficient (Wildman–Crippen LogP) is 0.624. The van der Waals surface area contributed by atoms with Gasteiger partial charge >= 0.3 is 0 Å². The monoisotopic (exact) mass is 367 g/mol. The Hall–Kier alpha value is -1.51. The van der Waals surface area contributed by atoms with E-state index >= 15 is 0 Å². The van der Waals surface area contributed by atoms with Gasteiger partial charge in [-0.3, -0.25) is 9.78 Å². The topological polar surface area (TPSA) is 90.8 Å². The van der Waals surface area contributed by atoms with Crippen LogP contribution in [-0.2, 0) is 20.4 Å². The van der Waals surface area contributed by atoms with E-state index in [2.05, 4.69) is 4.98 Å². The van der Waals surface area contributed by atoms with Crippen molar-refractivity contribution in [2.24, 2.45) is 0 Å². The van der Waals surface area contributed by atoms with Crippen molar-refractivity contribution >= 4 is 15.9 Å². The van der Waals surface area contributed by atoms with E-state index in [1.54, 1.807) is 11.1 Å². The molecule has 2 aliphatic rings. The molecule has 138 valence electrons. The number of carbonyl (C=O) groups is 1. The minimum atomic E-state index is -3.38. The molecule has 0 saturated carbocycles. The van der Waals surface area contributed by atoms with Crippen LogP contribution in [0.3, 0.4) is 0 Å². The van der Waals surface area contributed by atoms with Crippen molar-refractivity contribution in [2.45, 2.75) is 44.2 Å². The summed E-state index contributed by atoms with van der Waals surface area (Å²) in [6, 6.07) is 3.15. The second-order valence-electron chi connectivity index (χ2n) is 7.11. The quantitative estimate of drug-likeness (QED) is 0.846. The van der Waals surface area contributed by atoms with Crippen molar-refractivity contribution in [3.05, 3.63) is 29.6 Å². The molecule has 1 aromatic rings. The van der Waals surface area contributed by atoms with Crippen LogP contribution >= 0.6 is 0 Å². The second-order valence-corrected chi connectivity index (χ2v) is 9.04. The van der Waals surface area contributed by atoms with Crippen LogP contribution in [0, 0.1) is 6.92 Å². The van der Waals surface area contributed by atoms with E-state index in [4.69, 9.17) is 0 Å². The van der Waals surface area contributed by atoms with Crippen molar-refractivity contribution < 1.29 is 18.3 Å². The van der Waals surface area contributed by atoms with Gasteiger partial charge in [-0.25, -0.2) is 8.42 Å². The average Bonchev–Trinajstić information content (AvgIpc) is 3.05. The summed E-state index contributed by atoms with van der Waals surface area (Å²) in [5.74, 6) is -0.151. The maximum atomic E-state index is 12.8. The molecule has 25 heavy (non-hydrogen) atoms. The molecule has 1 amide bonds. The summed E-state index contributed by atoms with van der Waals surface area (Å²) >= 11 is 0. The fourth-order valence-electron chi connectivity index (χ4n) is 3.69. The molecule has 0 aromatic carbocycles. The number of pyridine rings is 1. The van der Waals surface area contributed by atoms with E-state index in [0.717, 1.165) is 11.8 Å². The van der Waals surface area contributed by atoms with Crippen molar-refractivity contribution in [3.63, 3.8) is 0 Å². The molecule has 1 N–H and O–H groups in total. The summed E-state index contributed by atoms with van der Waals surface area (Å²) in [6.07, 6.45) is 4.95. The number of rotatable bonds is 3. The second kappa shape index (κ2) is 6.66. The zero-order chi connectivity index (χ0) is 18.2. The summed E-state index contributed by atoms with van der Waals surface area (Å²) in [6.45, 7) is 3.15. The minimum absolute atomic E-state index is 0.151. The maximum Gasteiger partial charge on any atom is 0.241 e. The first kappa shape index (κ1) is 18.3. The Labute approximate surface area is 148 Å². The number of aromatic nitrogens is 1. The number of hydrogen-bond acceptors (Lipinski definition) is 5. The molecule has 1 atom stereocenters. The smallest absolute Gasteiger partial charge is 0.241 e. The number of piperidine rings is 1. The van der Waals surface area contributed by atoms with Gasteiger partial charge in [0.2, 0.25) is 15.9 Å². The number of hydrogen-bond donors (Lipinski definition) is 1. The molecule has 7 nitrogen and oxygen atoms in total. The number of carbonyl (C=O) groups excluding carboxylic acids is 1. The van der Waals surface area contributed by atoms with Crippen molar-refractivity contribution in [2.75, 3.05) is 25.9 Å². The van der Waals surface area contributed by atoms with Crippen LogP contribution in [0.1, 0.15) is 36.9 Å². The summed E-state index contributed by atoms with van der Waals surface area (Å²) in [4.78, 5) is 18.8. The Bertz CT molecular complexity index is 740. The van der Waals surface area contributed by atoms with E-state index in [1.807, 2.05) is 19.1 Å². The van der Waals surface area contributed by atoms with Crippen molar-refractivity contribution in [3.8, 4) is 0 Å². The average molecular weight is 367 g/mol. The number of sulfonamides is 1. The predicted molar refractivity (Wildman–Crippen MR) is 93.3 cm³/mol. The third-order valence-electron chi connectivity index (χ3n) is 5.21. The highest BCUT2D eigenvalue weighted by Crippen LogP contribution is 2.33. The molecule has 8 heteroatoms. The van der Waals surface area contributed by atoms with E-state index in [-0.39, 0.29) is 5.91 Å². The van der Waals surface area contributed by atoms with Gasteiger partial charge in [0, 0.05) is 25.8 Å². The van der Waals surface area contributed by atoms with Gasteiger partial charge in [0.15, 0.2) is 0 Å². The molecule has 0 spiro atoms. The third kappa shape index (κ3) is 3.70. The van der Waals surface area contributed by atoms with Gasteiger partial charge in [-0.05, 0) is 44.2 Å². The lowest BCUT2D eigenvalue weighted by Gasteiger charge is -2.39. The van der Waals surface area contributed by atoms with Gasteiger partial charge in [0.05, 0.1) is 11.9 Å². The van der Waals surface area contributed by atoms with Crippen LogP contribution in [0.15, 0.2) is 18.3 Å². The Morgan fingerprint density at radius 2 is 1.96 bits per heavy atom.